The van der Waals surface area contributed by atoms with E-state index in [4.69, 9.17) is 22.1 Å². The highest BCUT2D eigenvalue weighted by Gasteiger charge is 2.21. The predicted molar refractivity (Wildman–Crippen MR) is 169 cm³/mol. The van der Waals surface area contributed by atoms with Crippen molar-refractivity contribution in [2.45, 2.75) is 47.1 Å². The Kier molecular flexibility index (Phi) is 11.2. The Hall–Kier alpha value is -4.00. The van der Waals surface area contributed by atoms with Crippen LogP contribution in [0.15, 0.2) is 89.6 Å². The summed E-state index contributed by atoms with van der Waals surface area (Å²) in [6.07, 6.45) is 2.08. The first-order valence-electron chi connectivity index (χ1n) is 13.5. The molecule has 0 heterocycles. The van der Waals surface area contributed by atoms with Crippen molar-refractivity contribution < 1.29 is 14.3 Å². The van der Waals surface area contributed by atoms with Crippen LogP contribution >= 0.6 is 11.6 Å². The number of aliphatic imine (C=N–C) groups is 1. The van der Waals surface area contributed by atoms with Gasteiger partial charge in [-0.3, -0.25) is 9.79 Å². The van der Waals surface area contributed by atoms with Crippen molar-refractivity contribution in [3.8, 4) is 5.75 Å². The number of nitrogens with two attached hydrogens (primary N) is 1. The molecule has 0 radical (unpaired) electrons. The third kappa shape index (κ3) is 8.74. The molecular formula is C34H38ClN3O3. The average molecular weight is 572 g/mol. The van der Waals surface area contributed by atoms with Gasteiger partial charge in [-0.05, 0) is 67.2 Å². The number of hydrogen-bond acceptors (Lipinski definition) is 5. The highest BCUT2D eigenvalue weighted by Crippen LogP contribution is 2.28. The van der Waals surface area contributed by atoms with Crippen LogP contribution < -0.4 is 15.8 Å². The number of ether oxygens (including phenoxy) is 1. The predicted octanol–water partition coefficient (Wildman–Crippen LogP) is 6.80. The fourth-order valence-corrected chi connectivity index (χ4v) is 4.46. The van der Waals surface area contributed by atoms with Crippen molar-refractivity contribution in [3.63, 3.8) is 0 Å². The lowest BCUT2D eigenvalue weighted by atomic mass is 9.94. The van der Waals surface area contributed by atoms with Gasteiger partial charge in [-0.2, -0.15) is 0 Å². The van der Waals surface area contributed by atoms with Crippen LogP contribution in [0.5, 0.6) is 5.75 Å². The molecule has 0 saturated carbocycles. The minimum Gasteiger partial charge on any atom is -0.425 e. The van der Waals surface area contributed by atoms with Crippen molar-refractivity contribution in [1.82, 2.24) is 5.32 Å². The molecule has 3 N–H and O–H groups in total. The molecule has 3 aromatic carbocycles. The van der Waals surface area contributed by atoms with Crippen LogP contribution in [0, 0.1) is 12.8 Å². The van der Waals surface area contributed by atoms with Crippen LogP contribution in [0.4, 0.5) is 0 Å². The SMILES string of the molecule is C/N=C(Cc1ccccc1)\C(=C(/C)NC(=O)/C=C(\C)c1ccc(C)cc1OC(=O)[C@@H](N)C(C)C)c1ccc(Cl)cc1. The lowest BCUT2D eigenvalue weighted by Crippen LogP contribution is -2.38. The number of carbonyl (C=O) groups excluding carboxylic acids is 2. The standard InChI is InChI=1S/C34H38ClN3O3/c1-21(2)33(36)34(40)41-30-18-22(3)12-17-28(30)23(4)19-31(39)38-24(5)32(26-13-15-27(35)16-14-26)29(37-6)20-25-10-8-7-9-11-25/h7-19,21,33H,20,36H2,1-6H3,(H,38,39)/b23-19+,32-24+,37-29-/t33-/m0/s1. The van der Waals surface area contributed by atoms with Gasteiger partial charge in [0.2, 0.25) is 5.91 Å². The summed E-state index contributed by atoms with van der Waals surface area (Å²) in [7, 11) is 1.75. The smallest absolute Gasteiger partial charge is 0.328 e. The molecule has 0 spiro atoms. The maximum absolute atomic E-state index is 13.3. The van der Waals surface area contributed by atoms with Crippen molar-refractivity contribution in [2.75, 3.05) is 7.05 Å². The van der Waals surface area contributed by atoms with E-state index in [1.807, 2.05) is 94.4 Å². The van der Waals surface area contributed by atoms with Crippen LogP contribution in [0.25, 0.3) is 11.1 Å². The summed E-state index contributed by atoms with van der Waals surface area (Å²) < 4.78 is 5.67. The number of rotatable bonds is 10. The number of halogens is 1. The van der Waals surface area contributed by atoms with Crippen LogP contribution in [-0.4, -0.2) is 30.7 Å². The van der Waals surface area contributed by atoms with Gasteiger partial charge < -0.3 is 15.8 Å². The third-order valence-corrected chi connectivity index (χ3v) is 6.95. The van der Waals surface area contributed by atoms with Gasteiger partial charge in [0.05, 0.1) is 0 Å². The van der Waals surface area contributed by atoms with Gasteiger partial charge in [0, 0.05) is 47.1 Å². The van der Waals surface area contributed by atoms with Gasteiger partial charge in [-0.25, -0.2) is 4.79 Å². The lowest BCUT2D eigenvalue weighted by Gasteiger charge is -2.17. The third-order valence-electron chi connectivity index (χ3n) is 6.70. The summed E-state index contributed by atoms with van der Waals surface area (Å²) in [5, 5.41) is 3.64. The fraction of sp³-hybridized carbons (Fsp3) is 0.265. The Balaban J connectivity index is 1.95. The Morgan fingerprint density at radius 3 is 2.29 bits per heavy atom. The van der Waals surface area contributed by atoms with E-state index in [0.717, 1.165) is 28.0 Å². The van der Waals surface area contributed by atoms with Gasteiger partial charge in [0.15, 0.2) is 0 Å². The van der Waals surface area contributed by atoms with Gasteiger partial charge in [-0.15, -0.1) is 0 Å². The molecule has 7 heteroatoms. The van der Waals surface area contributed by atoms with Gasteiger partial charge >= 0.3 is 5.97 Å². The summed E-state index contributed by atoms with van der Waals surface area (Å²) in [6.45, 7) is 9.29. The van der Waals surface area contributed by atoms with E-state index in [1.54, 1.807) is 20.0 Å². The molecule has 0 saturated heterocycles. The number of carbonyl (C=O) groups is 2. The Labute approximate surface area is 248 Å². The van der Waals surface area contributed by atoms with Crippen LogP contribution in [0.1, 0.15) is 49.9 Å². The Bertz CT molecular complexity index is 1470. The van der Waals surface area contributed by atoms with E-state index in [2.05, 4.69) is 10.3 Å². The minimum atomic E-state index is -0.750. The molecule has 0 aliphatic rings. The largest absolute Gasteiger partial charge is 0.425 e. The molecule has 214 valence electrons. The summed E-state index contributed by atoms with van der Waals surface area (Å²) in [5.41, 5.74) is 12.5. The van der Waals surface area contributed by atoms with E-state index >= 15 is 0 Å². The molecule has 0 unspecified atom stereocenters. The number of aryl methyl sites for hydroxylation is 1. The molecule has 0 aromatic heterocycles. The summed E-state index contributed by atoms with van der Waals surface area (Å²) in [4.78, 5) is 30.5. The number of amides is 1. The normalized spacial score (nSPS) is 13.5. The molecule has 0 bridgehead atoms. The Morgan fingerprint density at radius 1 is 1.02 bits per heavy atom. The topological polar surface area (TPSA) is 93.8 Å². The number of esters is 1. The molecule has 1 amide bonds. The molecule has 41 heavy (non-hydrogen) atoms. The molecule has 3 rings (SSSR count). The second-order valence-electron chi connectivity index (χ2n) is 10.3. The summed E-state index contributed by atoms with van der Waals surface area (Å²) >= 11 is 6.16. The maximum atomic E-state index is 13.3. The number of allylic oxidation sites excluding steroid dienone is 3. The maximum Gasteiger partial charge on any atom is 0.328 e. The first-order valence-corrected chi connectivity index (χ1v) is 13.9. The second kappa shape index (κ2) is 14.6. The first kappa shape index (κ1) is 31.5. The molecule has 3 aromatic rings. The van der Waals surface area contributed by atoms with Gasteiger partial charge in [0.25, 0.3) is 0 Å². The van der Waals surface area contributed by atoms with Crippen molar-refractivity contribution >= 4 is 40.3 Å². The van der Waals surface area contributed by atoms with E-state index in [0.29, 0.717) is 34.0 Å². The van der Waals surface area contributed by atoms with Crippen molar-refractivity contribution in [1.29, 1.82) is 0 Å². The van der Waals surface area contributed by atoms with Gasteiger partial charge in [0.1, 0.15) is 11.8 Å². The van der Waals surface area contributed by atoms with E-state index in [1.165, 1.54) is 6.08 Å². The fourth-order valence-electron chi connectivity index (χ4n) is 4.33. The number of benzene rings is 3. The zero-order chi connectivity index (χ0) is 30.1. The molecule has 6 nitrogen and oxygen atoms in total. The zero-order valence-electron chi connectivity index (χ0n) is 24.5. The summed E-state index contributed by atoms with van der Waals surface area (Å²) in [5.74, 6) is -0.537. The van der Waals surface area contributed by atoms with Crippen LogP contribution in [0.2, 0.25) is 5.02 Å². The highest BCUT2D eigenvalue weighted by atomic mass is 35.5. The van der Waals surface area contributed by atoms with Crippen LogP contribution in [0.3, 0.4) is 0 Å². The molecule has 1 atom stereocenters. The van der Waals surface area contributed by atoms with Crippen molar-refractivity contribution in [3.05, 3.63) is 112 Å². The summed E-state index contributed by atoms with van der Waals surface area (Å²) in [6, 6.07) is 22.3. The second-order valence-corrected chi connectivity index (χ2v) is 10.8. The van der Waals surface area contributed by atoms with Crippen molar-refractivity contribution in [2.24, 2.45) is 16.6 Å². The first-order chi connectivity index (χ1) is 19.5. The minimum absolute atomic E-state index is 0.0683. The zero-order valence-corrected chi connectivity index (χ0v) is 25.3. The lowest BCUT2D eigenvalue weighted by molar-refractivity contribution is -0.136. The van der Waals surface area contributed by atoms with Crippen LogP contribution in [-0.2, 0) is 16.0 Å². The Morgan fingerprint density at radius 2 is 1.68 bits per heavy atom. The molecular weight excluding hydrogens is 534 g/mol. The molecule has 0 aliphatic carbocycles. The van der Waals surface area contributed by atoms with E-state index in [-0.39, 0.29) is 11.8 Å². The number of nitrogens with one attached hydrogen (secondary N) is 1. The highest BCUT2D eigenvalue weighted by molar-refractivity contribution is 6.31. The number of nitrogens with zero attached hydrogens (tertiary/aromatic N) is 1. The van der Waals surface area contributed by atoms with E-state index in [9.17, 15) is 9.59 Å². The van der Waals surface area contributed by atoms with E-state index < -0.39 is 12.0 Å². The number of hydrogen-bond donors (Lipinski definition) is 2. The molecule has 0 fully saturated rings. The molecule has 0 aliphatic heterocycles. The monoisotopic (exact) mass is 571 g/mol. The average Bonchev–Trinajstić information content (AvgIpc) is 2.93. The van der Waals surface area contributed by atoms with Gasteiger partial charge in [-0.1, -0.05) is 80.0 Å². The quantitative estimate of drug-likeness (QED) is 0.121.